The van der Waals surface area contributed by atoms with Gasteiger partial charge >= 0.3 is 0 Å². The zero-order valence-corrected chi connectivity index (χ0v) is 12.5. The van der Waals surface area contributed by atoms with Crippen molar-refractivity contribution < 1.29 is 4.79 Å². The Morgan fingerprint density at radius 3 is 2.94 bits per heavy atom. The zero-order chi connectivity index (χ0) is 13.0. The number of benzene rings is 1. The average molecular weight is 281 g/mol. The number of carbonyl (C=O) groups is 1. The number of nitrogens with one attached hydrogen (secondary N) is 1. The fourth-order valence-electron chi connectivity index (χ4n) is 2.04. The summed E-state index contributed by atoms with van der Waals surface area (Å²) in [7, 11) is 0. The first-order valence-electron chi connectivity index (χ1n) is 6.31. The van der Waals surface area contributed by atoms with Crippen LogP contribution in [0.5, 0.6) is 0 Å². The van der Waals surface area contributed by atoms with Crippen LogP contribution in [-0.2, 0) is 11.2 Å². The minimum atomic E-state index is 0.105. The van der Waals surface area contributed by atoms with Crippen LogP contribution in [0.25, 0.3) is 0 Å². The molecule has 1 amide bonds. The molecule has 2 rings (SSSR count). The summed E-state index contributed by atoms with van der Waals surface area (Å²) in [4.78, 5) is 12.2. The van der Waals surface area contributed by atoms with E-state index >= 15 is 0 Å². The maximum absolute atomic E-state index is 12.2. The van der Waals surface area contributed by atoms with E-state index in [1.165, 1.54) is 11.3 Å². The normalized spacial score (nSPS) is 19.6. The molecule has 1 heterocycles. The van der Waals surface area contributed by atoms with Crippen LogP contribution < -0.4 is 5.32 Å². The lowest BCUT2D eigenvalue weighted by atomic mass is 10.1. The minimum absolute atomic E-state index is 0.105. The van der Waals surface area contributed by atoms with Gasteiger partial charge in [0.2, 0.25) is 5.91 Å². The third-order valence-corrected chi connectivity index (χ3v) is 5.85. The lowest BCUT2D eigenvalue weighted by Gasteiger charge is -2.21. The zero-order valence-electron chi connectivity index (χ0n) is 10.9. The predicted molar refractivity (Wildman–Crippen MR) is 82.8 cm³/mol. The first kappa shape index (κ1) is 13.8. The van der Waals surface area contributed by atoms with Crippen molar-refractivity contribution in [1.29, 1.82) is 0 Å². The van der Waals surface area contributed by atoms with Gasteiger partial charge in [-0.25, -0.2) is 0 Å². The highest BCUT2D eigenvalue weighted by molar-refractivity contribution is 8.07. The Labute approximate surface area is 117 Å². The summed E-state index contributed by atoms with van der Waals surface area (Å²) in [6, 6.07) is 6.19. The maximum Gasteiger partial charge on any atom is 0.238 e. The van der Waals surface area contributed by atoms with Crippen molar-refractivity contribution >= 4 is 35.1 Å². The van der Waals surface area contributed by atoms with Gasteiger partial charge in [0.25, 0.3) is 0 Å². The van der Waals surface area contributed by atoms with Crippen LogP contribution in [0, 0.1) is 6.92 Å². The minimum Gasteiger partial charge on any atom is -0.325 e. The molecule has 0 aromatic heterocycles. The highest BCUT2D eigenvalue weighted by Gasteiger charge is 2.23. The number of carbonyl (C=O) groups excluding carboxylic acids is 1. The Morgan fingerprint density at radius 1 is 1.44 bits per heavy atom. The average Bonchev–Trinajstić information content (AvgIpc) is 2.42. The van der Waals surface area contributed by atoms with E-state index < -0.39 is 0 Å². The molecule has 0 bridgehead atoms. The first-order valence-corrected chi connectivity index (χ1v) is 8.51. The Morgan fingerprint density at radius 2 is 2.28 bits per heavy atom. The molecule has 1 aromatic carbocycles. The summed E-state index contributed by atoms with van der Waals surface area (Å²) < 4.78 is 0. The molecule has 98 valence electrons. The summed E-state index contributed by atoms with van der Waals surface area (Å²) in [5.41, 5.74) is 3.38. The Hall–Kier alpha value is -0.610. The van der Waals surface area contributed by atoms with Gasteiger partial charge in [-0.1, -0.05) is 25.1 Å². The van der Waals surface area contributed by atoms with Crippen LogP contribution in [0.1, 0.15) is 18.1 Å². The second-order valence-electron chi connectivity index (χ2n) is 4.39. The second-order valence-corrected chi connectivity index (χ2v) is 6.85. The fourth-order valence-corrected chi connectivity index (χ4v) is 4.60. The predicted octanol–water partition coefficient (Wildman–Crippen LogP) is 3.34. The molecular formula is C14H19NOS2. The van der Waals surface area contributed by atoms with Gasteiger partial charge in [0.1, 0.15) is 0 Å². The Kier molecular flexibility index (Phi) is 5.01. The molecule has 1 aliphatic heterocycles. The number of amides is 1. The molecule has 4 heteroatoms. The topological polar surface area (TPSA) is 29.1 Å². The van der Waals surface area contributed by atoms with Crippen LogP contribution in [0.2, 0.25) is 0 Å². The SMILES string of the molecule is CCc1cccc(C)c1NC(=O)C1CSCCS1. The molecule has 2 nitrogen and oxygen atoms in total. The van der Waals surface area contributed by atoms with E-state index in [9.17, 15) is 4.79 Å². The molecule has 1 unspecified atom stereocenters. The van der Waals surface area contributed by atoms with Gasteiger partial charge in [-0.05, 0) is 24.5 Å². The molecule has 0 saturated carbocycles. The van der Waals surface area contributed by atoms with Gasteiger partial charge in [-0.15, -0.1) is 11.8 Å². The summed E-state index contributed by atoms with van der Waals surface area (Å²) in [5, 5.41) is 3.23. The molecule has 1 aliphatic rings. The van der Waals surface area contributed by atoms with Crippen LogP contribution in [0.3, 0.4) is 0 Å². The van der Waals surface area contributed by atoms with Crippen molar-refractivity contribution in [2.45, 2.75) is 25.5 Å². The summed E-state index contributed by atoms with van der Waals surface area (Å²) in [6.45, 7) is 4.17. The van der Waals surface area contributed by atoms with E-state index in [1.54, 1.807) is 11.8 Å². The lowest BCUT2D eigenvalue weighted by molar-refractivity contribution is -0.115. The largest absolute Gasteiger partial charge is 0.325 e. The van der Waals surface area contributed by atoms with E-state index in [4.69, 9.17) is 0 Å². The number of para-hydroxylation sites is 1. The van der Waals surface area contributed by atoms with Gasteiger partial charge in [0.05, 0.1) is 5.25 Å². The smallest absolute Gasteiger partial charge is 0.238 e. The molecule has 0 aliphatic carbocycles. The number of hydrogen-bond donors (Lipinski definition) is 1. The summed E-state index contributed by atoms with van der Waals surface area (Å²) in [6.07, 6.45) is 0.948. The number of hydrogen-bond acceptors (Lipinski definition) is 3. The molecule has 1 atom stereocenters. The molecule has 1 aromatic rings. The number of anilines is 1. The van der Waals surface area contributed by atoms with Gasteiger partial charge in [0, 0.05) is 22.9 Å². The van der Waals surface area contributed by atoms with Gasteiger partial charge < -0.3 is 5.32 Å². The number of thioether (sulfide) groups is 2. The summed E-state index contributed by atoms with van der Waals surface area (Å²) >= 11 is 3.65. The molecular weight excluding hydrogens is 262 g/mol. The van der Waals surface area contributed by atoms with E-state index in [-0.39, 0.29) is 11.2 Å². The highest BCUT2D eigenvalue weighted by atomic mass is 32.2. The van der Waals surface area contributed by atoms with E-state index in [0.29, 0.717) is 0 Å². The van der Waals surface area contributed by atoms with E-state index in [0.717, 1.165) is 29.2 Å². The van der Waals surface area contributed by atoms with Crippen molar-refractivity contribution in [2.75, 3.05) is 22.6 Å². The van der Waals surface area contributed by atoms with Gasteiger partial charge in [-0.2, -0.15) is 11.8 Å². The molecule has 1 N–H and O–H groups in total. The monoisotopic (exact) mass is 281 g/mol. The van der Waals surface area contributed by atoms with Crippen LogP contribution in [0.15, 0.2) is 18.2 Å². The van der Waals surface area contributed by atoms with Crippen LogP contribution >= 0.6 is 23.5 Å². The number of aryl methyl sites for hydroxylation is 2. The van der Waals surface area contributed by atoms with Gasteiger partial charge in [0.15, 0.2) is 0 Å². The maximum atomic E-state index is 12.2. The van der Waals surface area contributed by atoms with Crippen molar-refractivity contribution in [1.82, 2.24) is 0 Å². The van der Waals surface area contributed by atoms with Crippen LogP contribution in [0.4, 0.5) is 5.69 Å². The lowest BCUT2D eigenvalue weighted by Crippen LogP contribution is -2.30. The van der Waals surface area contributed by atoms with Crippen molar-refractivity contribution in [2.24, 2.45) is 0 Å². The first-order chi connectivity index (χ1) is 8.72. The second kappa shape index (κ2) is 6.53. The Bertz CT molecular complexity index is 428. The standard InChI is InChI=1S/C14H19NOS2/c1-3-11-6-4-5-10(2)13(11)15-14(16)12-9-17-7-8-18-12/h4-6,12H,3,7-9H2,1-2H3,(H,15,16). The van der Waals surface area contributed by atoms with Crippen LogP contribution in [-0.4, -0.2) is 28.4 Å². The van der Waals surface area contributed by atoms with Crippen molar-refractivity contribution in [3.05, 3.63) is 29.3 Å². The third kappa shape index (κ3) is 3.23. The molecule has 1 saturated heterocycles. The molecule has 0 radical (unpaired) electrons. The highest BCUT2D eigenvalue weighted by Crippen LogP contribution is 2.27. The molecule has 1 fully saturated rings. The Balaban J connectivity index is 2.10. The van der Waals surface area contributed by atoms with E-state index in [1.807, 2.05) is 11.8 Å². The summed E-state index contributed by atoms with van der Waals surface area (Å²) in [5.74, 6) is 3.34. The quantitative estimate of drug-likeness (QED) is 0.921. The molecule has 0 spiro atoms. The van der Waals surface area contributed by atoms with Gasteiger partial charge in [-0.3, -0.25) is 4.79 Å². The van der Waals surface area contributed by atoms with Crippen molar-refractivity contribution in [3.63, 3.8) is 0 Å². The van der Waals surface area contributed by atoms with Crippen molar-refractivity contribution in [3.8, 4) is 0 Å². The molecule has 18 heavy (non-hydrogen) atoms. The third-order valence-electron chi connectivity index (χ3n) is 3.10. The fraction of sp³-hybridized carbons (Fsp3) is 0.500. The van der Waals surface area contributed by atoms with E-state index in [2.05, 4.69) is 37.4 Å². The number of rotatable bonds is 3.